The second-order valence-electron chi connectivity index (χ2n) is 24.9. The van der Waals surface area contributed by atoms with Gasteiger partial charge in [0.2, 0.25) is 5.91 Å². The number of hydrogen-bond donors (Lipinski definition) is 3. The highest BCUT2D eigenvalue weighted by Gasteiger charge is 2.28. The molecule has 0 saturated carbocycles. The Morgan fingerprint density at radius 1 is 0.425 bits per heavy atom. The summed E-state index contributed by atoms with van der Waals surface area (Å²) in [7, 11) is 1.56. The first kappa shape index (κ1) is 78.2. The highest BCUT2D eigenvalue weighted by Crippen LogP contribution is 2.43. The Labute approximate surface area is 498 Å². The average Bonchev–Trinajstić information content (AvgIpc) is 3.42. The molecule has 0 saturated heterocycles. The van der Waals surface area contributed by atoms with Crippen LogP contribution in [-0.4, -0.2) is 73.4 Å². The van der Waals surface area contributed by atoms with E-state index in [1.165, 1.54) is 263 Å². The zero-order valence-corrected chi connectivity index (χ0v) is 54.7. The molecule has 80 heavy (non-hydrogen) atoms. The number of aliphatic hydroxyl groups excluding tert-OH is 1. The number of rotatable bonds is 64. The fraction of sp³-hybridized carbons (Fsp3) is 0.845. The van der Waals surface area contributed by atoms with Crippen LogP contribution < -0.4 is 5.32 Å². The number of aliphatic hydroxyl groups is 1. The van der Waals surface area contributed by atoms with Gasteiger partial charge in [-0.15, -0.1) is 0 Å². The predicted octanol–water partition coefficient (Wildman–Crippen LogP) is 22.0. The minimum atomic E-state index is -4.36. The van der Waals surface area contributed by atoms with Crippen molar-refractivity contribution in [3.8, 4) is 0 Å². The third-order valence-electron chi connectivity index (χ3n) is 15.7. The maximum atomic E-state index is 13.0. The van der Waals surface area contributed by atoms with Gasteiger partial charge in [0.05, 0.1) is 39.9 Å². The van der Waals surface area contributed by atoms with Gasteiger partial charge in [-0.3, -0.25) is 13.8 Å². The molecule has 0 heterocycles. The first-order chi connectivity index (χ1) is 39.0. The number of phosphoric ester groups is 1. The molecule has 0 aliphatic carbocycles. The zero-order valence-electron chi connectivity index (χ0n) is 53.8. The second kappa shape index (κ2) is 61.8. The lowest BCUT2D eigenvalue weighted by Crippen LogP contribution is -2.45. The molecule has 9 heteroatoms. The second-order valence-corrected chi connectivity index (χ2v) is 26.3. The van der Waals surface area contributed by atoms with Gasteiger partial charge in [0, 0.05) is 6.42 Å². The SMILES string of the molecule is CCCCCCC/C=C\C/C=C\CCCCCCCCCCCCCCCCCCCCCCCCCCCCCC(=O)NC(COP(=O)(O)OCC[N+](C)(C)C)C(O)/C=C/CC/C=C/CC/C=C/CCCCCCCCCCC. The number of phosphoric acid groups is 1. The Morgan fingerprint density at radius 3 is 1.07 bits per heavy atom. The molecule has 0 rings (SSSR count). The van der Waals surface area contributed by atoms with Gasteiger partial charge in [-0.05, 0) is 77.0 Å². The molecule has 0 bridgehead atoms. The standard InChI is InChI=1S/C71H135N2O6P/c1-6-8-10-12-14-16-18-20-22-24-26-27-28-29-30-31-32-33-34-35-36-37-38-39-40-41-42-43-44-45-47-49-51-53-55-57-59-61-63-65-71(75)72-69(68-79-80(76,77)78-67-66-73(3,4)5)70(74)64-62-60-58-56-54-52-50-48-46-25-23-21-19-17-15-13-11-9-7-2/h18,20,24,26,46,48,54,56,62,64,69-70,74H,6-17,19,21-23,25,27-45,47,49-53,55,57-61,63,65-68H2,1-5H3,(H-,72,75,76,77)/p+1/b20-18-,26-24-,48-46+,56-54+,64-62+. The van der Waals surface area contributed by atoms with Gasteiger partial charge in [0.15, 0.2) is 0 Å². The summed E-state index contributed by atoms with van der Waals surface area (Å²) in [6, 6.07) is -0.870. The predicted molar refractivity (Wildman–Crippen MR) is 350 cm³/mol. The number of likely N-dealkylation sites (N-methyl/N-ethyl adjacent to an activating group) is 1. The van der Waals surface area contributed by atoms with Gasteiger partial charge in [-0.2, -0.15) is 0 Å². The van der Waals surface area contributed by atoms with Crippen molar-refractivity contribution in [2.45, 2.75) is 347 Å². The molecule has 0 radical (unpaired) electrons. The maximum absolute atomic E-state index is 13.0. The zero-order chi connectivity index (χ0) is 58.4. The molecule has 1 amide bonds. The summed E-state index contributed by atoms with van der Waals surface area (Å²) in [4.78, 5) is 23.4. The van der Waals surface area contributed by atoms with E-state index in [0.29, 0.717) is 17.4 Å². The quantitative estimate of drug-likeness (QED) is 0.0243. The molecule has 470 valence electrons. The molecular formula is C71H136N2O6P+. The van der Waals surface area contributed by atoms with Gasteiger partial charge in [-0.1, -0.05) is 312 Å². The van der Waals surface area contributed by atoms with Crippen molar-refractivity contribution in [3.05, 3.63) is 60.8 Å². The van der Waals surface area contributed by atoms with Crippen LogP contribution in [0.4, 0.5) is 0 Å². The van der Waals surface area contributed by atoms with Gasteiger partial charge in [-0.25, -0.2) is 4.57 Å². The lowest BCUT2D eigenvalue weighted by molar-refractivity contribution is -0.870. The number of unbranched alkanes of at least 4 members (excludes halogenated alkanes) is 43. The van der Waals surface area contributed by atoms with E-state index in [4.69, 9.17) is 9.05 Å². The molecule has 0 aliphatic heterocycles. The molecule has 0 aliphatic rings. The van der Waals surface area contributed by atoms with E-state index in [2.05, 4.69) is 67.8 Å². The first-order valence-electron chi connectivity index (χ1n) is 34.7. The Kier molecular flexibility index (Phi) is 60.4. The minimum absolute atomic E-state index is 0.0540. The molecule has 8 nitrogen and oxygen atoms in total. The summed E-state index contributed by atoms with van der Waals surface area (Å²) in [6.07, 6.45) is 85.3. The summed E-state index contributed by atoms with van der Waals surface area (Å²) in [5.41, 5.74) is 0. The molecule has 0 aromatic carbocycles. The van der Waals surface area contributed by atoms with E-state index in [1.807, 2.05) is 27.2 Å². The van der Waals surface area contributed by atoms with Crippen LogP contribution in [-0.2, 0) is 18.4 Å². The third kappa shape index (κ3) is 63.8. The lowest BCUT2D eigenvalue weighted by Gasteiger charge is -2.25. The average molecular weight is 1140 g/mol. The van der Waals surface area contributed by atoms with Crippen molar-refractivity contribution < 1.29 is 32.9 Å². The highest BCUT2D eigenvalue weighted by molar-refractivity contribution is 7.47. The van der Waals surface area contributed by atoms with Crippen molar-refractivity contribution in [3.63, 3.8) is 0 Å². The highest BCUT2D eigenvalue weighted by atomic mass is 31.2. The van der Waals surface area contributed by atoms with Crippen LogP contribution >= 0.6 is 7.82 Å². The van der Waals surface area contributed by atoms with Gasteiger partial charge < -0.3 is 19.8 Å². The summed E-state index contributed by atoms with van der Waals surface area (Å²) >= 11 is 0. The van der Waals surface area contributed by atoms with Crippen molar-refractivity contribution in [1.82, 2.24) is 5.32 Å². The number of quaternary nitrogens is 1. The Balaban J connectivity index is 3.96. The number of allylic oxidation sites excluding steroid dienone is 9. The van der Waals surface area contributed by atoms with Gasteiger partial charge in [0.25, 0.3) is 0 Å². The number of amides is 1. The molecule has 0 aromatic heterocycles. The summed E-state index contributed by atoms with van der Waals surface area (Å²) in [5.74, 6) is -0.186. The van der Waals surface area contributed by atoms with Crippen LogP contribution in [0.5, 0.6) is 0 Å². The van der Waals surface area contributed by atoms with E-state index in [0.717, 1.165) is 51.4 Å². The van der Waals surface area contributed by atoms with Crippen molar-refractivity contribution in [2.24, 2.45) is 0 Å². The topological polar surface area (TPSA) is 105 Å². The molecule has 0 fully saturated rings. The summed E-state index contributed by atoms with van der Waals surface area (Å²) < 4.78 is 23.7. The van der Waals surface area contributed by atoms with Crippen LogP contribution in [0.1, 0.15) is 335 Å². The Bertz CT molecular complexity index is 1490. The van der Waals surface area contributed by atoms with Crippen molar-refractivity contribution in [2.75, 3.05) is 40.9 Å². The van der Waals surface area contributed by atoms with E-state index in [9.17, 15) is 19.4 Å². The van der Waals surface area contributed by atoms with Crippen LogP contribution in [0.25, 0.3) is 0 Å². The molecule has 3 atom stereocenters. The Hall–Kier alpha value is -1.80. The molecule has 0 aromatic rings. The number of carbonyl (C=O) groups excluding carboxylic acids is 1. The molecular weight excluding hydrogens is 1010 g/mol. The van der Waals surface area contributed by atoms with Crippen LogP contribution in [0.15, 0.2) is 60.8 Å². The van der Waals surface area contributed by atoms with E-state index in [-0.39, 0.29) is 19.1 Å². The van der Waals surface area contributed by atoms with E-state index in [1.54, 1.807) is 6.08 Å². The van der Waals surface area contributed by atoms with Crippen molar-refractivity contribution in [1.29, 1.82) is 0 Å². The monoisotopic (exact) mass is 1140 g/mol. The minimum Gasteiger partial charge on any atom is -0.387 e. The first-order valence-corrected chi connectivity index (χ1v) is 36.2. The Morgan fingerprint density at radius 2 is 0.725 bits per heavy atom. The number of nitrogens with one attached hydrogen (secondary N) is 1. The maximum Gasteiger partial charge on any atom is 0.472 e. The fourth-order valence-corrected chi connectivity index (χ4v) is 11.0. The van der Waals surface area contributed by atoms with E-state index >= 15 is 0 Å². The largest absolute Gasteiger partial charge is 0.472 e. The van der Waals surface area contributed by atoms with Crippen LogP contribution in [0.2, 0.25) is 0 Å². The third-order valence-corrected chi connectivity index (χ3v) is 16.7. The van der Waals surface area contributed by atoms with Crippen LogP contribution in [0.3, 0.4) is 0 Å². The molecule has 3 N–H and O–H groups in total. The smallest absolute Gasteiger partial charge is 0.387 e. The van der Waals surface area contributed by atoms with Gasteiger partial charge in [0.1, 0.15) is 13.2 Å². The van der Waals surface area contributed by atoms with E-state index < -0.39 is 20.0 Å². The number of carbonyl (C=O) groups is 1. The van der Waals surface area contributed by atoms with Gasteiger partial charge >= 0.3 is 7.82 Å². The molecule has 3 unspecified atom stereocenters. The summed E-state index contributed by atoms with van der Waals surface area (Å²) in [5, 5.41) is 13.9. The summed E-state index contributed by atoms with van der Waals surface area (Å²) in [6.45, 7) is 4.81. The van der Waals surface area contributed by atoms with Crippen LogP contribution in [0, 0.1) is 0 Å². The van der Waals surface area contributed by atoms with Crippen molar-refractivity contribution >= 4 is 13.7 Å². The number of hydrogen-bond acceptors (Lipinski definition) is 5. The lowest BCUT2D eigenvalue weighted by atomic mass is 10.0. The molecule has 0 spiro atoms. The number of nitrogens with zero attached hydrogens (tertiary/aromatic N) is 1. The fourth-order valence-electron chi connectivity index (χ4n) is 10.3. The normalized spacial score (nSPS) is 14.0.